The van der Waals surface area contributed by atoms with Crippen molar-refractivity contribution in [3.8, 4) is 0 Å². The van der Waals surface area contributed by atoms with E-state index >= 15 is 0 Å². The highest BCUT2D eigenvalue weighted by atomic mass is 19.1. The molecule has 108 valence electrons. The zero-order valence-corrected chi connectivity index (χ0v) is 12.0. The fourth-order valence-corrected chi connectivity index (χ4v) is 3.47. The molecule has 0 atom stereocenters. The molecule has 2 aliphatic rings. The number of likely N-dealkylation sites (tertiary alicyclic amines) is 1. The maximum Gasteiger partial charge on any atom is 0.256 e. The van der Waals surface area contributed by atoms with Crippen molar-refractivity contribution < 1.29 is 9.18 Å². The van der Waals surface area contributed by atoms with Gasteiger partial charge in [0.2, 0.25) is 0 Å². The minimum absolute atomic E-state index is 0.139. The Hall–Kier alpha value is -1.49. The van der Waals surface area contributed by atoms with Gasteiger partial charge in [-0.25, -0.2) is 4.39 Å². The second-order valence-electron chi connectivity index (χ2n) is 6.36. The van der Waals surface area contributed by atoms with Crippen LogP contribution in [0, 0.1) is 11.2 Å². The Balaban J connectivity index is 1.67. The molecule has 4 nitrogen and oxygen atoms in total. The van der Waals surface area contributed by atoms with Gasteiger partial charge in [0.05, 0.1) is 11.8 Å². The van der Waals surface area contributed by atoms with Crippen LogP contribution in [-0.4, -0.2) is 53.9 Å². The van der Waals surface area contributed by atoms with Crippen molar-refractivity contribution in [3.63, 3.8) is 0 Å². The second kappa shape index (κ2) is 4.81. The lowest BCUT2D eigenvalue weighted by atomic mass is 9.64. The maximum atomic E-state index is 13.6. The summed E-state index contributed by atoms with van der Waals surface area (Å²) in [6.07, 6.45) is 5.89. The van der Waals surface area contributed by atoms with Crippen LogP contribution in [0.4, 0.5) is 4.39 Å². The summed E-state index contributed by atoms with van der Waals surface area (Å²) < 4.78 is 13.6. The number of carbonyl (C=O) groups excluding carboxylic acids is 1. The lowest BCUT2D eigenvalue weighted by Gasteiger charge is -2.48. The van der Waals surface area contributed by atoms with E-state index in [-0.39, 0.29) is 16.9 Å². The molecule has 1 saturated heterocycles. The Morgan fingerprint density at radius 3 is 2.90 bits per heavy atom. The van der Waals surface area contributed by atoms with Crippen LogP contribution in [0.25, 0.3) is 0 Å². The normalized spacial score (nSPS) is 29.0. The topological polar surface area (TPSA) is 36.4 Å². The van der Waals surface area contributed by atoms with E-state index in [0.29, 0.717) is 6.04 Å². The van der Waals surface area contributed by atoms with Crippen LogP contribution in [0.3, 0.4) is 0 Å². The molecule has 1 amide bonds. The number of rotatable bonds is 2. The number of amides is 1. The lowest BCUT2D eigenvalue weighted by Crippen LogP contribution is -2.49. The Morgan fingerprint density at radius 2 is 2.25 bits per heavy atom. The smallest absolute Gasteiger partial charge is 0.256 e. The predicted octanol–water partition coefficient (Wildman–Crippen LogP) is 1.78. The highest BCUT2D eigenvalue weighted by Gasteiger charge is 2.50. The van der Waals surface area contributed by atoms with Gasteiger partial charge in [0.1, 0.15) is 0 Å². The summed E-state index contributed by atoms with van der Waals surface area (Å²) >= 11 is 0. The monoisotopic (exact) mass is 277 g/mol. The van der Waals surface area contributed by atoms with Gasteiger partial charge in [-0.3, -0.25) is 9.78 Å². The summed E-state index contributed by atoms with van der Waals surface area (Å²) in [6.45, 7) is 1.50. The van der Waals surface area contributed by atoms with Crippen molar-refractivity contribution in [1.29, 1.82) is 0 Å². The van der Waals surface area contributed by atoms with Gasteiger partial charge in [-0.1, -0.05) is 0 Å². The molecule has 0 radical (unpaired) electrons. The number of nitrogens with zero attached hydrogens (tertiary/aromatic N) is 3. The highest BCUT2D eigenvalue weighted by molar-refractivity contribution is 5.94. The molecule has 0 unspecified atom stereocenters. The van der Waals surface area contributed by atoms with Gasteiger partial charge in [-0.15, -0.1) is 0 Å². The van der Waals surface area contributed by atoms with Gasteiger partial charge in [0.25, 0.3) is 5.91 Å². The third kappa shape index (κ3) is 2.20. The molecular weight excluding hydrogens is 257 g/mol. The van der Waals surface area contributed by atoms with E-state index in [2.05, 4.69) is 24.0 Å². The van der Waals surface area contributed by atoms with E-state index in [1.165, 1.54) is 12.3 Å². The molecule has 1 spiro atoms. The summed E-state index contributed by atoms with van der Waals surface area (Å²) in [6, 6.07) is 2.09. The van der Waals surface area contributed by atoms with E-state index in [9.17, 15) is 9.18 Å². The Bertz CT molecular complexity index is 526. The number of halogens is 1. The van der Waals surface area contributed by atoms with Crippen LogP contribution < -0.4 is 0 Å². The van der Waals surface area contributed by atoms with Crippen molar-refractivity contribution in [2.45, 2.75) is 25.3 Å². The standard InChI is InChI=1S/C15H20FN3O/c1-18(2)11-7-15(8-11)4-6-19(10-15)14(20)12-3-5-17-9-13(12)16/h3,5,9,11H,4,6-8,10H2,1-2H3. The van der Waals surface area contributed by atoms with Crippen LogP contribution >= 0.6 is 0 Å². The summed E-state index contributed by atoms with van der Waals surface area (Å²) in [4.78, 5) is 20.1. The molecule has 1 aliphatic heterocycles. The first-order valence-electron chi connectivity index (χ1n) is 7.06. The summed E-state index contributed by atoms with van der Waals surface area (Å²) in [5.41, 5.74) is 0.411. The van der Waals surface area contributed by atoms with Gasteiger partial charge in [0, 0.05) is 25.3 Å². The predicted molar refractivity (Wildman–Crippen MR) is 73.9 cm³/mol. The molecule has 1 saturated carbocycles. The molecular formula is C15H20FN3O. The zero-order chi connectivity index (χ0) is 14.3. The van der Waals surface area contributed by atoms with E-state index in [1.807, 2.05) is 0 Å². The average Bonchev–Trinajstić information content (AvgIpc) is 2.82. The van der Waals surface area contributed by atoms with E-state index < -0.39 is 5.82 Å². The van der Waals surface area contributed by atoms with Crippen LogP contribution in [0.2, 0.25) is 0 Å². The van der Waals surface area contributed by atoms with Crippen LogP contribution in [0.15, 0.2) is 18.5 Å². The summed E-state index contributed by atoms with van der Waals surface area (Å²) in [5, 5.41) is 0. The van der Waals surface area contributed by atoms with Crippen molar-refractivity contribution in [2.75, 3.05) is 27.2 Å². The molecule has 0 bridgehead atoms. The van der Waals surface area contributed by atoms with Crippen molar-refractivity contribution in [2.24, 2.45) is 5.41 Å². The molecule has 5 heteroatoms. The summed E-state index contributed by atoms with van der Waals surface area (Å²) in [7, 11) is 4.20. The van der Waals surface area contributed by atoms with E-state index in [1.54, 1.807) is 4.90 Å². The van der Waals surface area contributed by atoms with Crippen molar-refractivity contribution in [3.05, 3.63) is 29.8 Å². The van der Waals surface area contributed by atoms with Gasteiger partial charge in [-0.2, -0.15) is 0 Å². The Labute approximate surface area is 118 Å². The van der Waals surface area contributed by atoms with E-state index in [4.69, 9.17) is 0 Å². The highest BCUT2D eigenvalue weighted by Crippen LogP contribution is 2.49. The van der Waals surface area contributed by atoms with Gasteiger partial charge >= 0.3 is 0 Å². The largest absolute Gasteiger partial charge is 0.338 e. The van der Waals surface area contributed by atoms with Crippen LogP contribution in [0.5, 0.6) is 0 Å². The molecule has 3 rings (SSSR count). The number of hydrogen-bond acceptors (Lipinski definition) is 3. The number of carbonyl (C=O) groups is 1. The first kappa shape index (κ1) is 13.5. The molecule has 1 aromatic heterocycles. The maximum absolute atomic E-state index is 13.6. The zero-order valence-electron chi connectivity index (χ0n) is 12.0. The van der Waals surface area contributed by atoms with E-state index in [0.717, 1.165) is 38.5 Å². The van der Waals surface area contributed by atoms with Gasteiger partial charge < -0.3 is 9.80 Å². The van der Waals surface area contributed by atoms with Gasteiger partial charge in [0.15, 0.2) is 5.82 Å². The third-order valence-electron chi connectivity index (χ3n) is 4.80. The first-order valence-corrected chi connectivity index (χ1v) is 7.06. The Kier molecular flexibility index (Phi) is 3.24. The van der Waals surface area contributed by atoms with Crippen molar-refractivity contribution in [1.82, 2.24) is 14.8 Å². The molecule has 20 heavy (non-hydrogen) atoms. The first-order chi connectivity index (χ1) is 9.51. The fourth-order valence-electron chi connectivity index (χ4n) is 3.47. The molecule has 1 aromatic rings. The number of pyridine rings is 1. The quantitative estimate of drug-likeness (QED) is 0.827. The molecule has 2 fully saturated rings. The SMILES string of the molecule is CN(C)C1CC2(CCN(C(=O)c3ccncc3F)C2)C1. The lowest BCUT2D eigenvalue weighted by molar-refractivity contribution is 0.0312. The molecule has 0 N–H and O–H groups in total. The molecule has 1 aliphatic carbocycles. The number of aromatic nitrogens is 1. The average molecular weight is 277 g/mol. The minimum atomic E-state index is -0.529. The Morgan fingerprint density at radius 1 is 1.50 bits per heavy atom. The third-order valence-corrected chi connectivity index (χ3v) is 4.80. The molecule has 0 aromatic carbocycles. The molecule has 2 heterocycles. The second-order valence-corrected chi connectivity index (χ2v) is 6.36. The van der Waals surface area contributed by atoms with Crippen LogP contribution in [0.1, 0.15) is 29.6 Å². The van der Waals surface area contributed by atoms with Crippen LogP contribution in [-0.2, 0) is 0 Å². The fraction of sp³-hybridized carbons (Fsp3) is 0.600. The summed E-state index contributed by atoms with van der Waals surface area (Å²) in [5.74, 6) is -0.728. The number of hydrogen-bond donors (Lipinski definition) is 0. The van der Waals surface area contributed by atoms with Crippen molar-refractivity contribution >= 4 is 5.91 Å². The minimum Gasteiger partial charge on any atom is -0.338 e. The van der Waals surface area contributed by atoms with Gasteiger partial charge in [-0.05, 0) is 44.8 Å².